The lowest BCUT2D eigenvalue weighted by atomic mass is 10.1. The summed E-state index contributed by atoms with van der Waals surface area (Å²) in [5.74, 6) is -1.50. The van der Waals surface area contributed by atoms with E-state index in [1.807, 2.05) is 0 Å². The number of halogens is 1. The lowest BCUT2D eigenvalue weighted by molar-refractivity contribution is -0.133. The van der Waals surface area contributed by atoms with E-state index in [1.165, 1.54) is 12.1 Å². The van der Waals surface area contributed by atoms with E-state index in [-0.39, 0.29) is 35.1 Å². The van der Waals surface area contributed by atoms with Gasteiger partial charge in [0.2, 0.25) is 0 Å². The Bertz CT molecular complexity index is 939. The first-order chi connectivity index (χ1) is 14.5. The molecule has 2 N–H and O–H groups in total. The van der Waals surface area contributed by atoms with Gasteiger partial charge in [0, 0.05) is 17.6 Å². The molecule has 158 valence electrons. The van der Waals surface area contributed by atoms with E-state index in [9.17, 15) is 19.5 Å². The van der Waals surface area contributed by atoms with Gasteiger partial charge in [0.05, 0.1) is 16.8 Å². The highest BCUT2D eigenvalue weighted by Crippen LogP contribution is 2.24. The van der Waals surface area contributed by atoms with Crippen molar-refractivity contribution in [2.75, 3.05) is 25.0 Å². The molecule has 0 aromatic heterocycles. The molecule has 1 fully saturated rings. The van der Waals surface area contributed by atoms with E-state index in [4.69, 9.17) is 4.74 Å². The molecule has 3 rings (SSSR count). The summed E-state index contributed by atoms with van der Waals surface area (Å²) in [6, 6.07) is 11.1. The van der Waals surface area contributed by atoms with Crippen molar-refractivity contribution in [3.8, 4) is 5.75 Å². The van der Waals surface area contributed by atoms with E-state index in [0.29, 0.717) is 4.47 Å². The van der Waals surface area contributed by atoms with Crippen LogP contribution in [-0.4, -0.2) is 47.5 Å². The Morgan fingerprint density at radius 2 is 1.70 bits per heavy atom. The van der Waals surface area contributed by atoms with Crippen LogP contribution in [0.3, 0.4) is 0 Å². The summed E-state index contributed by atoms with van der Waals surface area (Å²) >= 11 is 3.23. The molecular formula is C22H23BrN2O5. The average Bonchev–Trinajstić information content (AvgIpc) is 3.03. The summed E-state index contributed by atoms with van der Waals surface area (Å²) in [5, 5.41) is 12.0. The normalized spacial score (nSPS) is 14.0. The number of ether oxygens (including phenoxy) is 1. The minimum atomic E-state index is -1.15. The van der Waals surface area contributed by atoms with Crippen LogP contribution in [0.25, 0.3) is 0 Å². The molecule has 0 saturated carbocycles. The van der Waals surface area contributed by atoms with Gasteiger partial charge in [-0.1, -0.05) is 40.9 Å². The second-order valence-corrected chi connectivity index (χ2v) is 7.94. The lowest BCUT2D eigenvalue weighted by Crippen LogP contribution is -2.35. The number of hydrogen-bond donors (Lipinski definition) is 2. The van der Waals surface area contributed by atoms with Gasteiger partial charge in [-0.15, -0.1) is 0 Å². The molecule has 0 unspecified atom stereocenters. The third-order valence-corrected chi connectivity index (χ3v) is 5.40. The van der Waals surface area contributed by atoms with Crippen LogP contribution >= 0.6 is 15.9 Å². The third kappa shape index (κ3) is 5.60. The van der Waals surface area contributed by atoms with Crippen LogP contribution in [0.1, 0.15) is 46.4 Å². The van der Waals surface area contributed by atoms with Crippen molar-refractivity contribution in [2.24, 2.45) is 0 Å². The van der Waals surface area contributed by atoms with E-state index in [2.05, 4.69) is 21.2 Å². The van der Waals surface area contributed by atoms with Crippen molar-refractivity contribution >= 4 is 39.4 Å². The number of rotatable bonds is 6. The van der Waals surface area contributed by atoms with Gasteiger partial charge in [-0.05, 0) is 43.2 Å². The van der Waals surface area contributed by atoms with Crippen LogP contribution in [0.2, 0.25) is 0 Å². The number of nitrogens with zero attached hydrogens (tertiary/aromatic N) is 1. The highest BCUT2D eigenvalue weighted by atomic mass is 79.9. The van der Waals surface area contributed by atoms with E-state index < -0.39 is 11.9 Å². The first-order valence-electron chi connectivity index (χ1n) is 9.79. The van der Waals surface area contributed by atoms with Gasteiger partial charge in [-0.3, -0.25) is 9.59 Å². The number of para-hydroxylation sites is 1. The molecule has 1 aliphatic rings. The molecule has 2 aromatic carbocycles. The zero-order valence-corrected chi connectivity index (χ0v) is 18.0. The summed E-state index contributed by atoms with van der Waals surface area (Å²) in [5.41, 5.74) is 0.360. The molecule has 1 saturated heterocycles. The van der Waals surface area contributed by atoms with Crippen molar-refractivity contribution < 1.29 is 24.2 Å². The zero-order chi connectivity index (χ0) is 21.5. The van der Waals surface area contributed by atoms with Crippen molar-refractivity contribution in [1.29, 1.82) is 0 Å². The summed E-state index contributed by atoms with van der Waals surface area (Å²) in [6.07, 6.45) is 4.23. The van der Waals surface area contributed by atoms with Crippen molar-refractivity contribution in [2.45, 2.75) is 25.7 Å². The molecule has 1 aliphatic heterocycles. The Morgan fingerprint density at radius 3 is 2.40 bits per heavy atom. The number of hydrogen-bond acceptors (Lipinski definition) is 4. The molecule has 7 nitrogen and oxygen atoms in total. The quantitative estimate of drug-likeness (QED) is 0.654. The summed E-state index contributed by atoms with van der Waals surface area (Å²) < 4.78 is 6.26. The van der Waals surface area contributed by atoms with Crippen molar-refractivity contribution in [3.63, 3.8) is 0 Å². The van der Waals surface area contributed by atoms with Crippen molar-refractivity contribution in [3.05, 3.63) is 58.1 Å². The largest absolute Gasteiger partial charge is 0.483 e. The summed E-state index contributed by atoms with van der Waals surface area (Å²) in [7, 11) is 0. The molecular weight excluding hydrogens is 452 g/mol. The monoisotopic (exact) mass is 474 g/mol. The average molecular weight is 475 g/mol. The molecule has 0 aliphatic carbocycles. The molecule has 30 heavy (non-hydrogen) atoms. The maximum absolute atomic E-state index is 12.8. The Labute approximate surface area is 183 Å². The third-order valence-electron chi connectivity index (χ3n) is 4.90. The number of benzene rings is 2. The fourth-order valence-electron chi connectivity index (χ4n) is 3.32. The van der Waals surface area contributed by atoms with Crippen LogP contribution in [0.15, 0.2) is 46.9 Å². The van der Waals surface area contributed by atoms with Crippen LogP contribution < -0.4 is 10.1 Å². The lowest BCUT2D eigenvalue weighted by Gasteiger charge is -2.20. The highest BCUT2D eigenvalue weighted by Gasteiger charge is 2.19. The fraction of sp³-hybridized carbons (Fsp3) is 0.318. The minimum Gasteiger partial charge on any atom is -0.483 e. The van der Waals surface area contributed by atoms with Gasteiger partial charge in [0.1, 0.15) is 5.75 Å². The van der Waals surface area contributed by atoms with Gasteiger partial charge < -0.3 is 20.1 Å². The number of carbonyl (C=O) groups excluding carboxylic acids is 2. The van der Waals surface area contributed by atoms with Gasteiger partial charge in [-0.2, -0.15) is 0 Å². The van der Waals surface area contributed by atoms with Crippen molar-refractivity contribution in [1.82, 2.24) is 4.90 Å². The van der Waals surface area contributed by atoms with Crippen LogP contribution in [0.4, 0.5) is 5.69 Å². The second-order valence-electron chi connectivity index (χ2n) is 7.03. The number of nitrogens with one attached hydrogen (secondary N) is 1. The van der Waals surface area contributed by atoms with E-state index in [1.54, 1.807) is 35.2 Å². The standard InChI is InChI=1S/C22H23BrN2O5/c23-15-9-10-18(17(13-15)22(28)29)24-21(27)16-7-3-4-8-19(16)30-14-20(26)25-11-5-1-2-6-12-25/h3-4,7-10,13H,1-2,5-6,11-12,14H2,(H,24,27)(H,28,29). The molecule has 0 bridgehead atoms. The number of likely N-dealkylation sites (tertiary alicyclic amines) is 1. The number of carbonyl (C=O) groups is 3. The summed E-state index contributed by atoms with van der Waals surface area (Å²) in [4.78, 5) is 38.5. The molecule has 8 heteroatoms. The number of anilines is 1. The SMILES string of the molecule is O=C(O)c1cc(Br)ccc1NC(=O)c1ccccc1OCC(=O)N1CCCCCC1. The van der Waals surface area contributed by atoms with Crippen LogP contribution in [-0.2, 0) is 4.79 Å². The van der Waals surface area contributed by atoms with E-state index in [0.717, 1.165) is 38.8 Å². The number of carboxylic acid groups (broad SMARTS) is 1. The van der Waals surface area contributed by atoms with Gasteiger partial charge in [0.25, 0.3) is 11.8 Å². The number of amides is 2. The maximum atomic E-state index is 12.8. The molecule has 2 amide bonds. The smallest absolute Gasteiger partial charge is 0.337 e. The van der Waals surface area contributed by atoms with E-state index >= 15 is 0 Å². The van der Waals surface area contributed by atoms with Crippen LogP contribution in [0.5, 0.6) is 5.75 Å². The predicted molar refractivity (Wildman–Crippen MR) is 116 cm³/mol. The Kier molecular flexibility index (Phi) is 7.46. The molecule has 1 heterocycles. The minimum absolute atomic E-state index is 0.0348. The highest BCUT2D eigenvalue weighted by molar-refractivity contribution is 9.10. The first-order valence-corrected chi connectivity index (χ1v) is 10.6. The fourth-order valence-corrected chi connectivity index (χ4v) is 3.68. The Morgan fingerprint density at radius 1 is 1.00 bits per heavy atom. The zero-order valence-electron chi connectivity index (χ0n) is 16.4. The predicted octanol–water partition coefficient (Wildman–Crippen LogP) is 4.18. The molecule has 0 radical (unpaired) electrons. The first kappa shape index (κ1) is 21.8. The molecule has 0 spiro atoms. The maximum Gasteiger partial charge on any atom is 0.337 e. The van der Waals surface area contributed by atoms with Crippen LogP contribution in [0, 0.1) is 0 Å². The Hall–Kier alpha value is -2.87. The molecule has 2 aromatic rings. The summed E-state index contributed by atoms with van der Waals surface area (Å²) in [6.45, 7) is 1.31. The van der Waals surface area contributed by atoms with Gasteiger partial charge in [0.15, 0.2) is 6.61 Å². The Balaban J connectivity index is 1.71. The second kappa shape index (κ2) is 10.2. The molecule has 0 atom stereocenters. The van der Waals surface area contributed by atoms with Gasteiger partial charge >= 0.3 is 5.97 Å². The van der Waals surface area contributed by atoms with Gasteiger partial charge in [-0.25, -0.2) is 4.79 Å². The number of carboxylic acids is 1. The number of aromatic carboxylic acids is 1. The topological polar surface area (TPSA) is 95.9 Å².